The smallest absolute Gasteiger partial charge is 0.274 e. The highest BCUT2D eigenvalue weighted by atomic mass is 16.2. The molecule has 1 fully saturated rings. The first-order valence-corrected chi connectivity index (χ1v) is 10.2. The summed E-state index contributed by atoms with van der Waals surface area (Å²) >= 11 is 0. The van der Waals surface area contributed by atoms with Gasteiger partial charge in [-0.3, -0.25) is 14.5 Å². The second-order valence-electron chi connectivity index (χ2n) is 7.48. The van der Waals surface area contributed by atoms with E-state index in [1.54, 1.807) is 12.1 Å². The van der Waals surface area contributed by atoms with Crippen molar-refractivity contribution in [2.75, 3.05) is 19.6 Å². The van der Waals surface area contributed by atoms with Gasteiger partial charge in [-0.15, -0.1) is 0 Å². The molecule has 1 atom stereocenters. The highest BCUT2D eigenvalue weighted by molar-refractivity contribution is 6.04. The minimum Gasteiger partial charge on any atom is -0.349 e. The molecule has 150 valence electrons. The lowest BCUT2D eigenvalue weighted by Gasteiger charge is -2.23. The molecule has 3 aromatic rings. The molecule has 1 amide bonds. The first-order chi connectivity index (χ1) is 14.2. The molecular formula is C23H26N4O2. The van der Waals surface area contributed by atoms with E-state index in [4.69, 9.17) is 0 Å². The summed E-state index contributed by atoms with van der Waals surface area (Å²) in [7, 11) is 0. The van der Waals surface area contributed by atoms with Crippen LogP contribution in [0.4, 0.5) is 0 Å². The zero-order valence-corrected chi connectivity index (χ0v) is 16.7. The van der Waals surface area contributed by atoms with Gasteiger partial charge in [0.2, 0.25) is 0 Å². The van der Waals surface area contributed by atoms with Crippen LogP contribution in [0.5, 0.6) is 0 Å². The SMILES string of the molecule is CCN1CCCC1CNC(=O)c1nn(Cc2ccccc2)c(=O)c2ccccc12. The summed E-state index contributed by atoms with van der Waals surface area (Å²) in [4.78, 5) is 28.3. The third kappa shape index (κ3) is 4.07. The molecule has 0 aliphatic carbocycles. The van der Waals surface area contributed by atoms with Crippen molar-refractivity contribution in [3.05, 3.63) is 76.2 Å². The highest BCUT2D eigenvalue weighted by Gasteiger charge is 2.24. The van der Waals surface area contributed by atoms with Gasteiger partial charge < -0.3 is 5.32 Å². The van der Waals surface area contributed by atoms with Gasteiger partial charge in [-0.05, 0) is 37.6 Å². The molecular weight excluding hydrogens is 364 g/mol. The van der Waals surface area contributed by atoms with Crippen molar-refractivity contribution in [3.63, 3.8) is 0 Å². The summed E-state index contributed by atoms with van der Waals surface area (Å²) in [5.74, 6) is -0.231. The minimum absolute atomic E-state index is 0.186. The largest absolute Gasteiger partial charge is 0.349 e. The van der Waals surface area contributed by atoms with E-state index >= 15 is 0 Å². The summed E-state index contributed by atoms with van der Waals surface area (Å²) < 4.78 is 1.39. The predicted octanol–water partition coefficient (Wildman–Crippen LogP) is 2.66. The monoisotopic (exact) mass is 390 g/mol. The van der Waals surface area contributed by atoms with E-state index in [1.807, 2.05) is 42.5 Å². The van der Waals surface area contributed by atoms with E-state index in [0.717, 1.165) is 31.5 Å². The van der Waals surface area contributed by atoms with E-state index in [0.29, 0.717) is 35.6 Å². The minimum atomic E-state index is -0.231. The first kappa shape index (κ1) is 19.3. The number of carbonyl (C=O) groups excluding carboxylic acids is 1. The fourth-order valence-corrected chi connectivity index (χ4v) is 4.10. The number of hydrogen-bond donors (Lipinski definition) is 1. The van der Waals surface area contributed by atoms with Gasteiger partial charge >= 0.3 is 0 Å². The van der Waals surface area contributed by atoms with Crippen LogP contribution >= 0.6 is 0 Å². The fraction of sp³-hybridized carbons (Fsp3) is 0.348. The lowest BCUT2D eigenvalue weighted by molar-refractivity contribution is 0.0936. The Labute approximate surface area is 170 Å². The number of aromatic nitrogens is 2. The molecule has 0 saturated carbocycles. The summed E-state index contributed by atoms with van der Waals surface area (Å²) in [6.45, 7) is 5.15. The van der Waals surface area contributed by atoms with Crippen molar-refractivity contribution >= 4 is 16.7 Å². The number of hydrogen-bond acceptors (Lipinski definition) is 4. The number of nitrogens with zero attached hydrogens (tertiary/aromatic N) is 3. The van der Waals surface area contributed by atoms with Gasteiger partial charge in [0.1, 0.15) is 0 Å². The standard InChI is InChI=1S/C23H26N4O2/c1-2-26-14-8-11-18(26)15-24-22(28)21-19-12-6-7-13-20(19)23(29)27(25-21)16-17-9-4-3-5-10-17/h3-7,9-10,12-13,18H,2,8,11,14-16H2,1H3,(H,24,28). The normalized spacial score (nSPS) is 16.9. The van der Waals surface area contributed by atoms with E-state index in [9.17, 15) is 9.59 Å². The zero-order chi connectivity index (χ0) is 20.2. The highest BCUT2D eigenvalue weighted by Crippen LogP contribution is 2.17. The van der Waals surface area contributed by atoms with Gasteiger partial charge in [-0.2, -0.15) is 5.10 Å². The van der Waals surface area contributed by atoms with Crippen molar-refractivity contribution in [2.24, 2.45) is 0 Å². The Morgan fingerprint density at radius 2 is 1.83 bits per heavy atom. The van der Waals surface area contributed by atoms with Gasteiger partial charge in [0.25, 0.3) is 11.5 Å². The molecule has 0 bridgehead atoms. The number of nitrogens with one attached hydrogen (secondary N) is 1. The Morgan fingerprint density at radius 3 is 2.59 bits per heavy atom. The predicted molar refractivity (Wildman–Crippen MR) is 114 cm³/mol. The van der Waals surface area contributed by atoms with Crippen LogP contribution in [0, 0.1) is 0 Å². The fourth-order valence-electron chi connectivity index (χ4n) is 4.10. The van der Waals surface area contributed by atoms with Crippen LogP contribution in [-0.4, -0.2) is 46.3 Å². The van der Waals surface area contributed by atoms with E-state index in [-0.39, 0.29) is 11.5 Å². The summed E-state index contributed by atoms with van der Waals surface area (Å²) in [6.07, 6.45) is 2.26. The number of amides is 1. The second kappa shape index (κ2) is 8.57. The van der Waals surface area contributed by atoms with Gasteiger partial charge in [0.15, 0.2) is 5.69 Å². The van der Waals surface area contributed by atoms with Crippen LogP contribution in [0.1, 0.15) is 35.8 Å². The average molecular weight is 390 g/mol. The molecule has 1 aromatic heterocycles. The number of fused-ring (bicyclic) bond motifs is 1. The van der Waals surface area contributed by atoms with Gasteiger partial charge in [-0.25, -0.2) is 4.68 Å². The molecule has 6 nitrogen and oxygen atoms in total. The number of carbonyl (C=O) groups is 1. The van der Waals surface area contributed by atoms with Crippen LogP contribution < -0.4 is 10.9 Å². The quantitative estimate of drug-likeness (QED) is 0.703. The summed E-state index contributed by atoms with van der Waals surface area (Å²) in [5, 5.41) is 8.62. The second-order valence-corrected chi connectivity index (χ2v) is 7.48. The number of benzene rings is 2. The maximum Gasteiger partial charge on any atom is 0.274 e. The number of likely N-dealkylation sites (N-methyl/N-ethyl adjacent to an activating group) is 1. The Balaban J connectivity index is 1.64. The third-order valence-electron chi connectivity index (χ3n) is 5.66. The molecule has 0 spiro atoms. The summed E-state index contributed by atoms with van der Waals surface area (Å²) in [6, 6.07) is 17.2. The van der Waals surface area contributed by atoms with Gasteiger partial charge in [-0.1, -0.05) is 55.5 Å². The third-order valence-corrected chi connectivity index (χ3v) is 5.66. The van der Waals surface area contributed by atoms with Crippen LogP contribution in [0.3, 0.4) is 0 Å². The maximum atomic E-state index is 13.0. The van der Waals surface area contributed by atoms with Crippen molar-refractivity contribution in [3.8, 4) is 0 Å². The lowest BCUT2D eigenvalue weighted by Crippen LogP contribution is -2.40. The van der Waals surface area contributed by atoms with Crippen LogP contribution in [0.15, 0.2) is 59.4 Å². The van der Waals surface area contributed by atoms with Gasteiger partial charge in [0.05, 0.1) is 11.9 Å². The molecule has 1 saturated heterocycles. The first-order valence-electron chi connectivity index (χ1n) is 10.2. The van der Waals surface area contributed by atoms with E-state index in [2.05, 4.69) is 22.2 Å². The Kier molecular flexibility index (Phi) is 5.71. The molecule has 0 radical (unpaired) electrons. The molecule has 1 aliphatic heterocycles. The number of likely N-dealkylation sites (tertiary alicyclic amines) is 1. The maximum absolute atomic E-state index is 13.0. The average Bonchev–Trinajstić information content (AvgIpc) is 3.22. The summed E-state index contributed by atoms with van der Waals surface area (Å²) in [5.41, 5.74) is 1.08. The Hall–Kier alpha value is -2.99. The van der Waals surface area contributed by atoms with Crippen LogP contribution in [0.2, 0.25) is 0 Å². The topological polar surface area (TPSA) is 67.2 Å². The molecule has 2 aromatic carbocycles. The molecule has 2 heterocycles. The molecule has 1 unspecified atom stereocenters. The van der Waals surface area contributed by atoms with Crippen molar-refractivity contribution in [1.82, 2.24) is 20.0 Å². The van der Waals surface area contributed by atoms with Crippen LogP contribution in [-0.2, 0) is 6.54 Å². The van der Waals surface area contributed by atoms with Crippen LogP contribution in [0.25, 0.3) is 10.8 Å². The van der Waals surface area contributed by atoms with Crippen molar-refractivity contribution in [1.29, 1.82) is 0 Å². The molecule has 29 heavy (non-hydrogen) atoms. The zero-order valence-electron chi connectivity index (χ0n) is 16.7. The van der Waals surface area contributed by atoms with Crippen molar-refractivity contribution < 1.29 is 4.79 Å². The van der Waals surface area contributed by atoms with Crippen molar-refractivity contribution in [2.45, 2.75) is 32.4 Å². The molecule has 4 rings (SSSR count). The van der Waals surface area contributed by atoms with E-state index in [1.165, 1.54) is 4.68 Å². The molecule has 1 aliphatic rings. The Morgan fingerprint density at radius 1 is 1.10 bits per heavy atom. The number of rotatable bonds is 6. The van der Waals surface area contributed by atoms with E-state index < -0.39 is 0 Å². The lowest BCUT2D eigenvalue weighted by atomic mass is 10.1. The van der Waals surface area contributed by atoms with Gasteiger partial charge in [0, 0.05) is 18.0 Å². The molecule has 6 heteroatoms. The molecule has 1 N–H and O–H groups in total. The Bertz CT molecular complexity index is 1060.